The largest absolute Gasteiger partial charge is 0.756 e. The fraction of sp³-hybridized carbons (Fsp3) is 0.680. The van der Waals surface area contributed by atoms with E-state index in [1.165, 1.54) is 109 Å². The van der Waals surface area contributed by atoms with Crippen LogP contribution in [0.15, 0.2) is 134 Å². The lowest BCUT2D eigenvalue weighted by molar-refractivity contribution is -0.870. The first-order chi connectivity index (χ1) is 41.4. The number of phosphoric acid groups is 1. The highest BCUT2D eigenvalue weighted by atomic mass is 31.2. The summed E-state index contributed by atoms with van der Waals surface area (Å²) < 4.78 is 30.4. The molecule has 0 heterocycles. The summed E-state index contributed by atoms with van der Waals surface area (Å²) in [7, 11) is 1.14. The lowest BCUT2D eigenvalue weighted by Gasteiger charge is -2.30. The van der Waals surface area contributed by atoms with Crippen LogP contribution in [0.25, 0.3) is 0 Å². The Morgan fingerprint density at radius 2 is 0.753 bits per heavy atom. The Balaban J connectivity index is 5.22. The van der Waals surface area contributed by atoms with Gasteiger partial charge < -0.3 is 28.5 Å². The molecule has 0 aliphatic carbocycles. The molecule has 0 rings (SSSR count). The summed E-state index contributed by atoms with van der Waals surface area (Å²) in [6.07, 6.45) is 89.9. The third kappa shape index (κ3) is 64.5. The van der Waals surface area contributed by atoms with Crippen molar-refractivity contribution >= 4 is 19.7 Å². The number of rotatable bonds is 61. The van der Waals surface area contributed by atoms with E-state index in [4.69, 9.17) is 13.8 Å². The van der Waals surface area contributed by atoms with E-state index >= 15 is 0 Å². The molecular weight excluding hydrogens is 1070 g/mol. The number of quaternary nitrogens is 1. The number of unbranched alkanes of at least 4 members (excludes halogenated alkanes) is 25. The molecule has 1 amide bonds. The molecule has 3 atom stereocenters. The standard InChI is InChI=1S/C75H129N2O7P/c1-7-10-13-16-19-22-25-28-30-32-34-35-36-37-38-39-40-41-43-45-47-50-53-56-59-62-65-68-75(79)84-73(66-63-60-57-54-51-48-27-24-21-18-15-12-9-3)72(71-83-85(80,81)82-70-69-77(4,5)6)76-74(78)67-64-61-58-55-52-49-46-44-42-33-31-29-26-23-20-17-14-11-8-2/h10,13,19-20,22-23,28-31,34-35,37-38,40-42,44,49,52,63,66,72-73H,7-9,11-12,14-18,21,24-27,32-33,36,39,43,45-48,50-51,53-62,64-65,67-71H2,1-6H3,(H-,76,78,80,81)/b13-10-,22-19-,23-20-,30-28-,31-29-,35-34-,38-37-,41-40-,44-42-,52-49-,66-63-. The molecule has 1 N–H and O–H groups in total. The average molecular weight is 1200 g/mol. The van der Waals surface area contributed by atoms with Crippen LogP contribution in [-0.2, 0) is 27.9 Å². The van der Waals surface area contributed by atoms with Crippen molar-refractivity contribution in [2.75, 3.05) is 40.9 Å². The summed E-state index contributed by atoms with van der Waals surface area (Å²) in [6.45, 7) is 6.67. The van der Waals surface area contributed by atoms with E-state index in [0.29, 0.717) is 23.9 Å². The molecule has 0 aromatic heterocycles. The molecule has 0 saturated carbocycles. The number of carbonyl (C=O) groups excluding carboxylic acids is 2. The molecule has 10 heteroatoms. The van der Waals surface area contributed by atoms with Crippen LogP contribution in [-0.4, -0.2) is 69.4 Å². The zero-order valence-electron chi connectivity index (χ0n) is 55.5. The number of allylic oxidation sites excluding steroid dienone is 21. The number of hydrogen-bond donors (Lipinski definition) is 1. The second kappa shape index (κ2) is 63.2. The minimum absolute atomic E-state index is 0.0370. The number of amides is 1. The van der Waals surface area contributed by atoms with Gasteiger partial charge in [0.25, 0.3) is 7.82 Å². The number of likely N-dealkylation sites (N-methyl/N-ethyl adjacent to an activating group) is 1. The zero-order chi connectivity index (χ0) is 62.1. The Hall–Kier alpha value is -3.85. The van der Waals surface area contributed by atoms with Crippen LogP contribution in [0.2, 0.25) is 0 Å². The van der Waals surface area contributed by atoms with Gasteiger partial charge in [0.2, 0.25) is 5.91 Å². The van der Waals surface area contributed by atoms with Crippen LogP contribution in [0.4, 0.5) is 0 Å². The van der Waals surface area contributed by atoms with Crippen LogP contribution in [0, 0.1) is 0 Å². The maximum Gasteiger partial charge on any atom is 0.306 e. The summed E-state index contributed by atoms with van der Waals surface area (Å²) in [6, 6.07) is -0.919. The van der Waals surface area contributed by atoms with Gasteiger partial charge in [0, 0.05) is 12.8 Å². The predicted molar refractivity (Wildman–Crippen MR) is 366 cm³/mol. The minimum Gasteiger partial charge on any atom is -0.756 e. The lowest BCUT2D eigenvalue weighted by Crippen LogP contribution is -2.47. The number of hydrogen-bond acceptors (Lipinski definition) is 7. The number of esters is 1. The molecule has 0 radical (unpaired) electrons. The van der Waals surface area contributed by atoms with Crippen molar-refractivity contribution < 1.29 is 37.3 Å². The molecule has 0 bridgehead atoms. The minimum atomic E-state index is -4.72. The third-order valence-corrected chi connectivity index (χ3v) is 15.5. The first-order valence-corrected chi connectivity index (χ1v) is 36.0. The summed E-state index contributed by atoms with van der Waals surface area (Å²) in [5.74, 6) is -0.592. The SMILES string of the molecule is CC/C=C\C/C=C\C/C=C\C/C=C\C/C=C\C/C=C\CCCCCCCCCCC(=O)OC(/C=C\CCCCCCCCCCCCC)C(COP(=O)([O-])OCC[N+](C)(C)C)NC(=O)CCCCC/C=C\C/C=C\C/C=C\C/C=C\CCCCC. The molecule has 3 unspecified atom stereocenters. The molecule has 486 valence electrons. The topological polar surface area (TPSA) is 114 Å². The van der Waals surface area contributed by atoms with Crippen molar-refractivity contribution in [2.24, 2.45) is 0 Å². The zero-order valence-corrected chi connectivity index (χ0v) is 56.4. The van der Waals surface area contributed by atoms with E-state index in [1.807, 2.05) is 33.3 Å². The van der Waals surface area contributed by atoms with Crippen molar-refractivity contribution in [3.63, 3.8) is 0 Å². The van der Waals surface area contributed by atoms with Gasteiger partial charge in [-0.05, 0) is 128 Å². The van der Waals surface area contributed by atoms with Crippen LogP contribution in [0.1, 0.15) is 278 Å². The quantitative estimate of drug-likeness (QED) is 0.0212. The van der Waals surface area contributed by atoms with Crippen LogP contribution < -0.4 is 10.2 Å². The van der Waals surface area contributed by atoms with Gasteiger partial charge >= 0.3 is 5.97 Å². The van der Waals surface area contributed by atoms with E-state index in [2.05, 4.69) is 148 Å². The van der Waals surface area contributed by atoms with Crippen molar-refractivity contribution in [2.45, 2.75) is 290 Å². The number of ether oxygens (including phenoxy) is 1. The van der Waals surface area contributed by atoms with Crippen LogP contribution in [0.3, 0.4) is 0 Å². The number of nitrogens with zero attached hydrogens (tertiary/aromatic N) is 1. The van der Waals surface area contributed by atoms with Gasteiger partial charge in [-0.3, -0.25) is 14.2 Å². The molecule has 0 saturated heterocycles. The molecule has 0 fully saturated rings. The summed E-state index contributed by atoms with van der Waals surface area (Å²) in [5.41, 5.74) is 0. The highest BCUT2D eigenvalue weighted by Crippen LogP contribution is 2.38. The van der Waals surface area contributed by atoms with Crippen molar-refractivity contribution in [1.29, 1.82) is 0 Å². The highest BCUT2D eigenvalue weighted by Gasteiger charge is 2.27. The smallest absolute Gasteiger partial charge is 0.306 e. The molecular formula is C75H129N2O7P. The molecule has 0 spiro atoms. The number of phosphoric ester groups is 1. The van der Waals surface area contributed by atoms with E-state index in [0.717, 1.165) is 122 Å². The second-order valence-corrected chi connectivity index (χ2v) is 25.4. The maximum absolute atomic E-state index is 13.6. The Morgan fingerprint density at radius 1 is 0.424 bits per heavy atom. The number of nitrogens with one attached hydrogen (secondary N) is 1. The maximum atomic E-state index is 13.6. The average Bonchev–Trinajstić information content (AvgIpc) is 3.50. The van der Waals surface area contributed by atoms with Crippen molar-refractivity contribution in [3.8, 4) is 0 Å². The lowest BCUT2D eigenvalue weighted by atomic mass is 10.0. The fourth-order valence-corrected chi connectivity index (χ4v) is 10.00. The van der Waals surface area contributed by atoms with Crippen LogP contribution in [0.5, 0.6) is 0 Å². The van der Waals surface area contributed by atoms with E-state index in [-0.39, 0.29) is 31.3 Å². The predicted octanol–water partition coefficient (Wildman–Crippen LogP) is 21.4. The van der Waals surface area contributed by atoms with Gasteiger partial charge in [-0.15, -0.1) is 0 Å². The van der Waals surface area contributed by atoms with Crippen molar-refractivity contribution in [3.05, 3.63) is 134 Å². The molecule has 0 aliphatic rings. The monoisotopic (exact) mass is 1200 g/mol. The Kier molecular flexibility index (Phi) is 60.3. The third-order valence-electron chi connectivity index (χ3n) is 14.6. The van der Waals surface area contributed by atoms with E-state index in [1.54, 1.807) is 0 Å². The summed E-state index contributed by atoms with van der Waals surface area (Å²) >= 11 is 0. The van der Waals surface area contributed by atoms with Gasteiger partial charge in [0.1, 0.15) is 19.3 Å². The normalized spacial score (nSPS) is 14.4. The Bertz CT molecular complexity index is 1920. The Labute approximate surface area is 524 Å². The van der Waals surface area contributed by atoms with Crippen LogP contribution >= 0.6 is 7.82 Å². The highest BCUT2D eigenvalue weighted by molar-refractivity contribution is 7.45. The van der Waals surface area contributed by atoms with E-state index < -0.39 is 26.6 Å². The molecule has 0 aliphatic heterocycles. The van der Waals surface area contributed by atoms with Gasteiger partial charge in [0.15, 0.2) is 0 Å². The molecule has 9 nitrogen and oxygen atoms in total. The first-order valence-electron chi connectivity index (χ1n) is 34.5. The second-order valence-electron chi connectivity index (χ2n) is 23.9. The van der Waals surface area contributed by atoms with Gasteiger partial charge in [0.05, 0.1) is 33.8 Å². The van der Waals surface area contributed by atoms with E-state index in [9.17, 15) is 19.0 Å². The van der Waals surface area contributed by atoms with Gasteiger partial charge in [-0.25, -0.2) is 0 Å². The Morgan fingerprint density at radius 3 is 1.16 bits per heavy atom. The molecule has 0 aromatic carbocycles. The van der Waals surface area contributed by atoms with Crippen molar-refractivity contribution in [1.82, 2.24) is 5.32 Å². The van der Waals surface area contributed by atoms with Gasteiger partial charge in [-0.1, -0.05) is 270 Å². The fourth-order valence-electron chi connectivity index (χ4n) is 9.27. The summed E-state index contributed by atoms with van der Waals surface area (Å²) in [5, 5.41) is 3.02. The summed E-state index contributed by atoms with van der Waals surface area (Å²) in [4.78, 5) is 40.2. The molecule has 0 aromatic rings. The molecule has 85 heavy (non-hydrogen) atoms. The number of carbonyl (C=O) groups is 2. The first kappa shape index (κ1) is 81.2. The van der Waals surface area contributed by atoms with Gasteiger partial charge in [-0.2, -0.15) is 0 Å².